The molecular weight excluding hydrogens is 770 g/mol. The number of fused-ring (bicyclic) bond motifs is 2. The average Bonchev–Trinajstić information content (AvgIpc) is 3.68. The molecule has 2 saturated heterocycles. The number of carbonyl (C=O) groups is 4. The number of imidazole rings is 1. The van der Waals surface area contributed by atoms with Gasteiger partial charge in [-0.2, -0.15) is 13.2 Å². The fourth-order valence-corrected chi connectivity index (χ4v) is 9.48. The number of ether oxygens (including phenoxy) is 1. The van der Waals surface area contributed by atoms with Gasteiger partial charge in [-0.15, -0.1) is 0 Å². The number of benzene rings is 2. The second-order valence-corrected chi connectivity index (χ2v) is 16.2. The zero-order valence-electron chi connectivity index (χ0n) is 33.2. The summed E-state index contributed by atoms with van der Waals surface area (Å²) in [5, 5.41) is 4.99. The molecule has 1 aliphatic carbocycles. The number of amides is 4. The van der Waals surface area contributed by atoms with Crippen molar-refractivity contribution in [2.24, 2.45) is 13.0 Å². The topological polar surface area (TPSA) is 151 Å². The highest BCUT2D eigenvalue weighted by molar-refractivity contribution is 6.05. The molecule has 5 heterocycles. The predicted molar refractivity (Wildman–Crippen MR) is 212 cm³/mol. The van der Waals surface area contributed by atoms with Gasteiger partial charge in [0.1, 0.15) is 23.2 Å². The third-order valence-electron chi connectivity index (χ3n) is 12.6. The monoisotopic (exact) mass is 816 g/mol. The summed E-state index contributed by atoms with van der Waals surface area (Å²) < 4.78 is 48.2. The Labute approximate surface area is 338 Å². The van der Waals surface area contributed by atoms with E-state index in [4.69, 9.17) is 4.74 Å². The highest BCUT2D eigenvalue weighted by atomic mass is 19.4. The molecule has 8 rings (SSSR count). The Morgan fingerprint density at radius 1 is 0.983 bits per heavy atom. The number of nitrogens with one attached hydrogen (secondary N) is 2. The molecule has 2 aromatic heterocycles. The van der Waals surface area contributed by atoms with E-state index in [1.165, 1.54) is 17.7 Å². The molecule has 0 bridgehead atoms. The first-order valence-electron chi connectivity index (χ1n) is 20.1. The van der Waals surface area contributed by atoms with Crippen LogP contribution in [0.2, 0.25) is 0 Å². The van der Waals surface area contributed by atoms with E-state index in [9.17, 15) is 37.1 Å². The molecular formula is C42H47F3N8O6. The van der Waals surface area contributed by atoms with E-state index >= 15 is 0 Å². The number of methoxy groups -OCH3 is 1. The summed E-state index contributed by atoms with van der Waals surface area (Å²) in [6, 6.07) is 11.9. The van der Waals surface area contributed by atoms with Crippen molar-refractivity contribution in [3.05, 3.63) is 81.5 Å². The summed E-state index contributed by atoms with van der Waals surface area (Å²) in [5.74, 6) is -0.994. The van der Waals surface area contributed by atoms with Crippen LogP contribution in [0, 0.1) is 5.92 Å². The standard InChI is InChI=1S/C42H47F3N8O6/c1-49(26-16-18-51(19-17-26)31-7-5-8-32-37(31)50(2)41(58)53(32)33-14-15-36(54)48-39(33)56)22-24-10-12-27(13-11-24)52-23-25-20-30(34(59-3)21-28(25)40(52)57)47-38(55)29-6-4-9-35(46-29)42(43,44)45/h4-9,20-21,24,26-27,33H,10-19,22-23H2,1-3H3,(H,47,55)(H,48,54,56)/t24-,27-,33?. The van der Waals surface area contributed by atoms with Crippen molar-refractivity contribution in [2.75, 3.05) is 44.0 Å². The number of hydrogen-bond donors (Lipinski definition) is 2. The Hall–Kier alpha value is -5.71. The van der Waals surface area contributed by atoms with Crippen LogP contribution in [0.25, 0.3) is 11.0 Å². The number of aryl methyl sites for hydroxylation is 1. The lowest BCUT2D eigenvalue weighted by Gasteiger charge is -2.41. The number of imide groups is 1. The van der Waals surface area contributed by atoms with Crippen LogP contribution >= 0.6 is 0 Å². The third-order valence-corrected chi connectivity index (χ3v) is 12.6. The fraction of sp³-hybridized carbons (Fsp3) is 0.476. The highest BCUT2D eigenvalue weighted by Gasteiger charge is 2.38. The number of para-hydroxylation sites is 1. The van der Waals surface area contributed by atoms with Crippen LogP contribution in [-0.2, 0) is 29.4 Å². The number of anilines is 2. The van der Waals surface area contributed by atoms with Crippen LogP contribution in [0.5, 0.6) is 5.75 Å². The lowest BCUT2D eigenvalue weighted by molar-refractivity contribution is -0.141. The summed E-state index contributed by atoms with van der Waals surface area (Å²) in [6.45, 7) is 2.94. The number of alkyl halides is 3. The average molecular weight is 817 g/mol. The number of nitrogens with zero attached hydrogens (tertiary/aromatic N) is 6. The summed E-state index contributed by atoms with van der Waals surface area (Å²) >= 11 is 0. The van der Waals surface area contributed by atoms with Crippen LogP contribution in [0.3, 0.4) is 0 Å². The summed E-state index contributed by atoms with van der Waals surface area (Å²) in [7, 11) is 5.31. The van der Waals surface area contributed by atoms with E-state index in [1.54, 1.807) is 23.7 Å². The lowest BCUT2D eigenvalue weighted by atomic mass is 9.84. The molecule has 4 amide bonds. The van der Waals surface area contributed by atoms with Crippen LogP contribution in [-0.4, -0.2) is 93.4 Å². The molecule has 1 saturated carbocycles. The molecule has 0 radical (unpaired) electrons. The van der Waals surface area contributed by atoms with Crippen molar-refractivity contribution in [1.29, 1.82) is 0 Å². The van der Waals surface area contributed by atoms with Crippen LogP contribution < -0.4 is 26.0 Å². The smallest absolute Gasteiger partial charge is 0.433 e. The van der Waals surface area contributed by atoms with Crippen molar-refractivity contribution in [3.63, 3.8) is 0 Å². The van der Waals surface area contributed by atoms with Gasteiger partial charge in [-0.1, -0.05) is 12.1 Å². The van der Waals surface area contributed by atoms with Gasteiger partial charge in [0.15, 0.2) is 0 Å². The first-order chi connectivity index (χ1) is 28.2. The van der Waals surface area contributed by atoms with Crippen LogP contribution in [0.15, 0.2) is 53.3 Å². The molecule has 59 heavy (non-hydrogen) atoms. The van der Waals surface area contributed by atoms with E-state index in [1.807, 2.05) is 23.1 Å². The molecule has 17 heteroatoms. The first kappa shape index (κ1) is 40.1. The molecule has 3 aliphatic heterocycles. The van der Waals surface area contributed by atoms with Crippen LogP contribution in [0.1, 0.15) is 89.5 Å². The molecule has 4 aliphatic rings. The normalized spacial score (nSPS) is 21.6. The van der Waals surface area contributed by atoms with Gasteiger partial charge in [0.2, 0.25) is 11.8 Å². The zero-order valence-corrected chi connectivity index (χ0v) is 33.2. The van der Waals surface area contributed by atoms with E-state index in [2.05, 4.69) is 32.5 Å². The molecule has 1 unspecified atom stereocenters. The molecule has 14 nitrogen and oxygen atoms in total. The number of hydrogen-bond acceptors (Lipinski definition) is 9. The minimum absolute atomic E-state index is 0.0570. The van der Waals surface area contributed by atoms with Gasteiger partial charge in [-0.3, -0.25) is 33.6 Å². The molecule has 2 N–H and O–H groups in total. The number of carbonyl (C=O) groups excluding carboxylic acids is 4. The van der Waals surface area contributed by atoms with Gasteiger partial charge < -0.3 is 24.8 Å². The quantitative estimate of drug-likeness (QED) is 0.220. The number of rotatable bonds is 9. The SMILES string of the molecule is COc1cc2c(cc1NC(=O)c1cccc(C(F)(F)F)n1)CN([C@H]1CC[C@H](CN(C)C3CCN(c4cccc5c4n(C)c(=O)n5C4CCC(=O)NC4=O)CC3)CC1)C2=O. The second-order valence-electron chi connectivity index (χ2n) is 16.2. The van der Waals surface area contributed by atoms with Gasteiger partial charge in [-0.25, -0.2) is 9.78 Å². The number of piperidine rings is 2. The van der Waals surface area contributed by atoms with E-state index < -0.39 is 35.4 Å². The summed E-state index contributed by atoms with van der Waals surface area (Å²) in [5.41, 5.74) is 2.02. The Morgan fingerprint density at radius 3 is 2.41 bits per heavy atom. The van der Waals surface area contributed by atoms with Gasteiger partial charge in [0, 0.05) is 57.3 Å². The maximum absolute atomic E-state index is 13.7. The van der Waals surface area contributed by atoms with Crippen molar-refractivity contribution in [2.45, 2.75) is 82.2 Å². The largest absolute Gasteiger partial charge is 0.495 e. The zero-order chi connectivity index (χ0) is 41.7. The second kappa shape index (κ2) is 15.8. The Kier molecular flexibility index (Phi) is 10.7. The number of halogens is 3. The predicted octanol–water partition coefficient (Wildman–Crippen LogP) is 5.11. The number of aromatic nitrogens is 3. The fourth-order valence-electron chi connectivity index (χ4n) is 9.48. The lowest BCUT2D eigenvalue weighted by Crippen LogP contribution is -2.46. The molecule has 0 spiro atoms. The Morgan fingerprint density at radius 2 is 1.71 bits per heavy atom. The van der Waals surface area contributed by atoms with E-state index in [0.29, 0.717) is 35.1 Å². The molecule has 2 aromatic carbocycles. The molecule has 4 aromatic rings. The van der Waals surface area contributed by atoms with Gasteiger partial charge >= 0.3 is 11.9 Å². The number of pyridine rings is 1. The molecule has 3 fully saturated rings. The third kappa shape index (κ3) is 7.67. The van der Waals surface area contributed by atoms with Gasteiger partial charge in [0.05, 0.1) is 29.5 Å². The van der Waals surface area contributed by atoms with E-state index in [-0.39, 0.29) is 47.8 Å². The maximum Gasteiger partial charge on any atom is 0.433 e. The summed E-state index contributed by atoms with van der Waals surface area (Å²) in [6.07, 6.45) is 1.35. The first-order valence-corrected chi connectivity index (χ1v) is 20.1. The summed E-state index contributed by atoms with van der Waals surface area (Å²) in [4.78, 5) is 74.7. The highest BCUT2D eigenvalue weighted by Crippen LogP contribution is 2.39. The minimum atomic E-state index is -4.69. The van der Waals surface area contributed by atoms with Crippen molar-refractivity contribution in [1.82, 2.24) is 29.2 Å². The minimum Gasteiger partial charge on any atom is -0.495 e. The van der Waals surface area contributed by atoms with Gasteiger partial charge in [-0.05, 0) is 99.9 Å². The molecule has 312 valence electrons. The van der Waals surface area contributed by atoms with Crippen molar-refractivity contribution >= 4 is 46.0 Å². The van der Waals surface area contributed by atoms with Crippen molar-refractivity contribution < 1.29 is 37.1 Å². The maximum atomic E-state index is 13.7. The van der Waals surface area contributed by atoms with E-state index in [0.717, 1.165) is 81.5 Å². The molecule has 1 atom stereocenters. The Balaban J connectivity index is 0.853. The van der Waals surface area contributed by atoms with Crippen LogP contribution in [0.4, 0.5) is 24.5 Å². The van der Waals surface area contributed by atoms with Gasteiger partial charge in [0.25, 0.3) is 11.8 Å². The Bertz CT molecular complexity index is 2380. The van der Waals surface area contributed by atoms with Crippen molar-refractivity contribution in [3.8, 4) is 5.75 Å².